The van der Waals surface area contributed by atoms with Crippen LogP contribution in [0.4, 0.5) is 0 Å². The number of hydrogen-bond acceptors (Lipinski definition) is 3. The molecule has 1 unspecified atom stereocenters. The van der Waals surface area contributed by atoms with Crippen molar-refractivity contribution in [3.05, 3.63) is 35.4 Å². The fraction of sp³-hybridized carbons (Fsp3) is 0.600. The molecule has 1 aromatic rings. The van der Waals surface area contributed by atoms with Crippen molar-refractivity contribution in [1.29, 1.82) is 0 Å². The van der Waals surface area contributed by atoms with Crippen molar-refractivity contribution in [1.82, 2.24) is 0 Å². The molecule has 0 heterocycles. The van der Waals surface area contributed by atoms with Gasteiger partial charge in [-0.25, -0.2) is 0 Å². The molecule has 2 N–H and O–H groups in total. The van der Waals surface area contributed by atoms with E-state index in [9.17, 15) is 10.2 Å². The third-order valence-corrected chi connectivity index (χ3v) is 2.92. The molecule has 3 heteroatoms. The van der Waals surface area contributed by atoms with Gasteiger partial charge in [-0.1, -0.05) is 24.3 Å². The summed E-state index contributed by atoms with van der Waals surface area (Å²) in [6.07, 6.45) is 0.611. The Hall–Kier alpha value is -0.900. The Kier molecular flexibility index (Phi) is 5.79. The van der Waals surface area contributed by atoms with Gasteiger partial charge in [0.05, 0.1) is 24.9 Å². The van der Waals surface area contributed by atoms with Crippen LogP contribution in [0.2, 0.25) is 0 Å². The molecule has 0 aromatic heterocycles. The van der Waals surface area contributed by atoms with E-state index < -0.39 is 11.7 Å². The zero-order chi connectivity index (χ0) is 13.6. The maximum absolute atomic E-state index is 9.72. The topological polar surface area (TPSA) is 49.7 Å². The minimum Gasteiger partial charge on any atom is -0.391 e. The average molecular weight is 252 g/mol. The van der Waals surface area contributed by atoms with Crippen LogP contribution in [0.1, 0.15) is 37.8 Å². The molecule has 0 saturated carbocycles. The zero-order valence-electron chi connectivity index (χ0n) is 11.5. The van der Waals surface area contributed by atoms with Crippen LogP contribution in [-0.2, 0) is 11.3 Å². The van der Waals surface area contributed by atoms with Crippen LogP contribution >= 0.6 is 0 Å². The number of hydrogen-bond donors (Lipinski definition) is 2. The normalized spacial score (nSPS) is 13.6. The van der Waals surface area contributed by atoms with Gasteiger partial charge in [0.1, 0.15) is 0 Å². The second-order valence-corrected chi connectivity index (χ2v) is 5.45. The molecule has 0 radical (unpaired) electrons. The zero-order valence-corrected chi connectivity index (χ0v) is 11.5. The summed E-state index contributed by atoms with van der Waals surface area (Å²) in [5.74, 6) is 0. The van der Waals surface area contributed by atoms with Gasteiger partial charge in [-0.3, -0.25) is 0 Å². The summed E-state index contributed by atoms with van der Waals surface area (Å²) in [7, 11) is 0. The molecule has 0 aliphatic heterocycles. The highest BCUT2D eigenvalue weighted by Crippen LogP contribution is 2.13. The van der Waals surface area contributed by atoms with E-state index >= 15 is 0 Å². The summed E-state index contributed by atoms with van der Waals surface area (Å²) < 4.78 is 5.50. The molecular formula is C15H24O3. The van der Waals surface area contributed by atoms with Crippen molar-refractivity contribution in [3.8, 4) is 0 Å². The lowest BCUT2D eigenvalue weighted by Crippen LogP contribution is -2.23. The van der Waals surface area contributed by atoms with Gasteiger partial charge in [0, 0.05) is 0 Å². The fourth-order valence-electron chi connectivity index (χ4n) is 1.68. The number of aliphatic hydroxyl groups excluding tert-OH is 1. The molecule has 0 spiro atoms. The van der Waals surface area contributed by atoms with Crippen LogP contribution in [0.25, 0.3) is 0 Å². The Balaban J connectivity index is 2.24. The van der Waals surface area contributed by atoms with Gasteiger partial charge in [-0.15, -0.1) is 0 Å². The van der Waals surface area contributed by atoms with Crippen LogP contribution in [-0.4, -0.2) is 28.5 Å². The van der Waals surface area contributed by atoms with Crippen LogP contribution in [0, 0.1) is 6.92 Å². The van der Waals surface area contributed by atoms with E-state index in [1.807, 2.05) is 31.2 Å². The molecule has 1 rings (SSSR count). The fourth-order valence-corrected chi connectivity index (χ4v) is 1.68. The number of aryl methyl sites for hydroxylation is 1. The number of ether oxygens (including phenoxy) is 1. The largest absolute Gasteiger partial charge is 0.391 e. The summed E-state index contributed by atoms with van der Waals surface area (Å²) in [5.41, 5.74) is 1.62. The lowest BCUT2D eigenvalue weighted by Gasteiger charge is -2.19. The van der Waals surface area contributed by atoms with Crippen LogP contribution in [0.5, 0.6) is 0 Å². The van der Waals surface area contributed by atoms with Gasteiger partial charge in [0.2, 0.25) is 0 Å². The quantitative estimate of drug-likeness (QED) is 0.783. The van der Waals surface area contributed by atoms with E-state index in [4.69, 9.17) is 4.74 Å². The van der Waals surface area contributed by atoms with Crippen molar-refractivity contribution < 1.29 is 14.9 Å². The van der Waals surface area contributed by atoms with E-state index in [-0.39, 0.29) is 0 Å². The molecule has 0 bridgehead atoms. The predicted molar refractivity (Wildman–Crippen MR) is 72.4 cm³/mol. The molecule has 1 atom stereocenters. The first-order valence-corrected chi connectivity index (χ1v) is 6.41. The van der Waals surface area contributed by atoms with Gasteiger partial charge in [-0.2, -0.15) is 0 Å². The van der Waals surface area contributed by atoms with Gasteiger partial charge in [0.15, 0.2) is 0 Å². The molecule has 0 aliphatic rings. The Morgan fingerprint density at radius 3 is 2.56 bits per heavy atom. The first kappa shape index (κ1) is 15.2. The Morgan fingerprint density at radius 1 is 1.28 bits per heavy atom. The number of rotatable bonds is 7. The van der Waals surface area contributed by atoms with E-state index in [0.29, 0.717) is 26.1 Å². The highest BCUT2D eigenvalue weighted by molar-refractivity contribution is 5.24. The van der Waals surface area contributed by atoms with Crippen LogP contribution in [0.3, 0.4) is 0 Å². The Bertz CT molecular complexity index is 355. The molecule has 1 aromatic carbocycles. The SMILES string of the molecule is Cc1ccccc1COCC(O)CCC(C)(C)O. The molecule has 18 heavy (non-hydrogen) atoms. The highest BCUT2D eigenvalue weighted by Gasteiger charge is 2.15. The molecule has 0 aliphatic carbocycles. The summed E-state index contributed by atoms with van der Waals surface area (Å²) in [4.78, 5) is 0. The Labute approximate surface area is 109 Å². The third kappa shape index (κ3) is 6.15. The van der Waals surface area contributed by atoms with Crippen LogP contribution in [0.15, 0.2) is 24.3 Å². The number of benzene rings is 1. The lowest BCUT2D eigenvalue weighted by molar-refractivity contribution is 0.00329. The van der Waals surface area contributed by atoms with Gasteiger partial charge in [-0.05, 0) is 44.7 Å². The second kappa shape index (κ2) is 6.88. The van der Waals surface area contributed by atoms with E-state index in [0.717, 1.165) is 5.56 Å². The summed E-state index contributed by atoms with van der Waals surface area (Å²) in [6, 6.07) is 8.05. The Morgan fingerprint density at radius 2 is 1.94 bits per heavy atom. The van der Waals surface area contributed by atoms with Crippen LogP contribution < -0.4 is 0 Å². The first-order valence-electron chi connectivity index (χ1n) is 6.41. The maximum atomic E-state index is 9.72. The molecule has 0 amide bonds. The molecule has 102 valence electrons. The van der Waals surface area contributed by atoms with Gasteiger partial charge < -0.3 is 14.9 Å². The summed E-state index contributed by atoms with van der Waals surface area (Å²) in [5, 5.41) is 19.3. The second-order valence-electron chi connectivity index (χ2n) is 5.45. The molecular weight excluding hydrogens is 228 g/mol. The van der Waals surface area contributed by atoms with E-state index in [1.165, 1.54) is 5.56 Å². The minimum absolute atomic E-state index is 0.310. The average Bonchev–Trinajstić information content (AvgIpc) is 2.28. The van der Waals surface area contributed by atoms with Crippen molar-refractivity contribution >= 4 is 0 Å². The van der Waals surface area contributed by atoms with Gasteiger partial charge >= 0.3 is 0 Å². The highest BCUT2D eigenvalue weighted by atomic mass is 16.5. The van der Waals surface area contributed by atoms with E-state index in [1.54, 1.807) is 13.8 Å². The van der Waals surface area contributed by atoms with Gasteiger partial charge in [0.25, 0.3) is 0 Å². The summed E-state index contributed by atoms with van der Waals surface area (Å²) >= 11 is 0. The summed E-state index contributed by atoms with van der Waals surface area (Å²) in [6.45, 7) is 6.36. The smallest absolute Gasteiger partial charge is 0.0774 e. The maximum Gasteiger partial charge on any atom is 0.0774 e. The molecule has 0 fully saturated rings. The number of aliphatic hydroxyl groups is 2. The first-order chi connectivity index (χ1) is 8.38. The van der Waals surface area contributed by atoms with E-state index in [2.05, 4.69) is 0 Å². The third-order valence-electron chi connectivity index (χ3n) is 2.92. The van der Waals surface area contributed by atoms with Crippen molar-refractivity contribution in [2.75, 3.05) is 6.61 Å². The van der Waals surface area contributed by atoms with Crippen molar-refractivity contribution in [2.45, 2.75) is 51.9 Å². The molecule has 0 saturated heterocycles. The lowest BCUT2D eigenvalue weighted by atomic mass is 10.0. The molecule has 3 nitrogen and oxygen atoms in total. The van der Waals surface area contributed by atoms with Crippen molar-refractivity contribution in [2.24, 2.45) is 0 Å². The minimum atomic E-state index is -0.725. The monoisotopic (exact) mass is 252 g/mol. The van der Waals surface area contributed by atoms with Crippen molar-refractivity contribution in [3.63, 3.8) is 0 Å². The predicted octanol–water partition coefficient (Wildman–Crippen LogP) is 2.42. The standard InChI is InChI=1S/C15H24O3/c1-12-6-4-5-7-13(12)10-18-11-14(16)8-9-15(2,3)17/h4-7,14,16-17H,8-11H2,1-3H3.